The first-order chi connectivity index (χ1) is 10.0. The smallest absolute Gasteiger partial charge is 0.240 e. The molecule has 1 atom stereocenters. The number of rotatable bonds is 7. The molecule has 0 saturated heterocycles. The predicted molar refractivity (Wildman–Crippen MR) is 86.3 cm³/mol. The van der Waals surface area contributed by atoms with Crippen LogP contribution in [0.15, 0.2) is 40.7 Å². The van der Waals surface area contributed by atoms with E-state index in [4.69, 9.17) is 0 Å². The molecular weight excluding hydrogens is 306 g/mol. The van der Waals surface area contributed by atoms with Crippen molar-refractivity contribution in [3.8, 4) is 0 Å². The molecule has 1 aromatic carbocycles. The third-order valence-corrected chi connectivity index (χ3v) is 5.44. The van der Waals surface area contributed by atoms with E-state index < -0.39 is 10.0 Å². The normalized spacial score (nSPS) is 13.0. The lowest BCUT2D eigenvalue weighted by atomic mass is 10.2. The van der Waals surface area contributed by atoms with Crippen molar-refractivity contribution in [3.05, 3.63) is 40.8 Å². The molecule has 5 nitrogen and oxygen atoms in total. The maximum atomic E-state index is 12.2. The van der Waals surface area contributed by atoms with Crippen LogP contribution in [0.4, 0.5) is 5.69 Å². The number of nitrogens with one attached hydrogen (secondary N) is 2. The van der Waals surface area contributed by atoms with Gasteiger partial charge < -0.3 is 5.32 Å². The van der Waals surface area contributed by atoms with Crippen LogP contribution in [0.5, 0.6) is 0 Å². The standard InChI is InChI=1S/C14H19N3O2S2/c1-3-15-12-4-6-13(7-5-12)21(18,19)17-10-11(2)14-16-8-9-20-14/h4-9,11,15,17H,3,10H2,1-2H3. The molecular formula is C14H19N3O2S2. The number of anilines is 1. The van der Waals surface area contributed by atoms with E-state index in [-0.39, 0.29) is 10.8 Å². The fraction of sp³-hybridized carbons (Fsp3) is 0.357. The Balaban J connectivity index is 2.01. The van der Waals surface area contributed by atoms with Gasteiger partial charge in [0.05, 0.1) is 9.90 Å². The molecule has 0 radical (unpaired) electrons. The lowest BCUT2D eigenvalue weighted by Gasteiger charge is -2.11. The van der Waals surface area contributed by atoms with Crippen LogP contribution in [0.3, 0.4) is 0 Å². The first-order valence-corrected chi connectivity index (χ1v) is 9.12. The van der Waals surface area contributed by atoms with Gasteiger partial charge in [-0.3, -0.25) is 0 Å². The SMILES string of the molecule is CCNc1ccc(S(=O)(=O)NCC(C)c2nccs2)cc1. The Kier molecular flexibility index (Phi) is 5.33. The van der Waals surface area contributed by atoms with E-state index in [1.165, 1.54) is 11.3 Å². The van der Waals surface area contributed by atoms with Crippen LogP contribution in [0.1, 0.15) is 24.8 Å². The van der Waals surface area contributed by atoms with Gasteiger partial charge in [0, 0.05) is 36.3 Å². The summed E-state index contributed by atoms with van der Waals surface area (Å²) in [6.45, 7) is 5.09. The largest absolute Gasteiger partial charge is 0.385 e. The molecule has 2 rings (SSSR count). The molecule has 114 valence electrons. The summed E-state index contributed by atoms with van der Waals surface area (Å²) in [4.78, 5) is 4.47. The summed E-state index contributed by atoms with van der Waals surface area (Å²) in [6, 6.07) is 6.74. The number of hydrogen-bond acceptors (Lipinski definition) is 5. The summed E-state index contributed by atoms with van der Waals surface area (Å²) in [5.41, 5.74) is 0.910. The minimum atomic E-state index is -3.48. The van der Waals surface area contributed by atoms with E-state index in [1.807, 2.05) is 19.2 Å². The van der Waals surface area contributed by atoms with Crippen LogP contribution in [0.2, 0.25) is 0 Å². The van der Waals surface area contributed by atoms with Crippen LogP contribution in [-0.2, 0) is 10.0 Å². The molecule has 0 aliphatic carbocycles. The van der Waals surface area contributed by atoms with Crippen molar-refractivity contribution in [1.29, 1.82) is 0 Å². The van der Waals surface area contributed by atoms with Gasteiger partial charge in [0.15, 0.2) is 0 Å². The van der Waals surface area contributed by atoms with Crippen molar-refractivity contribution in [2.45, 2.75) is 24.7 Å². The number of hydrogen-bond donors (Lipinski definition) is 2. The Hall–Kier alpha value is -1.44. The number of benzene rings is 1. The second kappa shape index (κ2) is 7.02. The highest BCUT2D eigenvalue weighted by Gasteiger charge is 2.16. The Morgan fingerprint density at radius 1 is 1.29 bits per heavy atom. The average Bonchev–Trinajstić information content (AvgIpc) is 3.00. The van der Waals surface area contributed by atoms with Crippen molar-refractivity contribution >= 4 is 27.0 Å². The Morgan fingerprint density at radius 2 is 2.00 bits per heavy atom. The van der Waals surface area contributed by atoms with E-state index in [1.54, 1.807) is 30.5 Å². The topological polar surface area (TPSA) is 71.1 Å². The predicted octanol–water partition coefficient (Wildman–Crippen LogP) is 2.66. The summed E-state index contributed by atoms with van der Waals surface area (Å²) in [5, 5.41) is 5.95. The molecule has 1 unspecified atom stereocenters. The first kappa shape index (κ1) is 15.9. The van der Waals surface area contributed by atoms with Gasteiger partial charge >= 0.3 is 0 Å². The zero-order valence-electron chi connectivity index (χ0n) is 12.0. The van der Waals surface area contributed by atoms with Crippen molar-refractivity contribution < 1.29 is 8.42 Å². The van der Waals surface area contributed by atoms with Gasteiger partial charge in [-0.2, -0.15) is 0 Å². The average molecular weight is 325 g/mol. The van der Waals surface area contributed by atoms with E-state index in [9.17, 15) is 8.42 Å². The highest BCUT2D eigenvalue weighted by molar-refractivity contribution is 7.89. The van der Waals surface area contributed by atoms with Crippen LogP contribution in [-0.4, -0.2) is 26.5 Å². The van der Waals surface area contributed by atoms with Gasteiger partial charge in [0.25, 0.3) is 0 Å². The monoisotopic (exact) mass is 325 g/mol. The second-order valence-corrected chi connectivity index (χ2v) is 7.37. The Morgan fingerprint density at radius 3 is 2.57 bits per heavy atom. The molecule has 0 amide bonds. The number of thiazole rings is 1. The zero-order valence-corrected chi connectivity index (χ0v) is 13.7. The highest BCUT2D eigenvalue weighted by atomic mass is 32.2. The molecule has 1 heterocycles. The van der Waals surface area contributed by atoms with Crippen LogP contribution >= 0.6 is 11.3 Å². The van der Waals surface area contributed by atoms with Crippen molar-refractivity contribution in [2.24, 2.45) is 0 Å². The van der Waals surface area contributed by atoms with Gasteiger partial charge in [-0.1, -0.05) is 6.92 Å². The van der Waals surface area contributed by atoms with Crippen LogP contribution < -0.4 is 10.0 Å². The fourth-order valence-electron chi connectivity index (χ4n) is 1.84. The summed E-state index contributed by atoms with van der Waals surface area (Å²) >= 11 is 1.53. The number of nitrogens with zero attached hydrogens (tertiary/aromatic N) is 1. The molecule has 2 aromatic rings. The number of aromatic nitrogens is 1. The molecule has 1 aromatic heterocycles. The lowest BCUT2D eigenvalue weighted by molar-refractivity contribution is 0.574. The van der Waals surface area contributed by atoms with E-state index >= 15 is 0 Å². The van der Waals surface area contributed by atoms with Gasteiger partial charge in [-0.15, -0.1) is 11.3 Å². The molecule has 2 N–H and O–H groups in total. The maximum Gasteiger partial charge on any atom is 0.240 e. The minimum absolute atomic E-state index is 0.0563. The molecule has 0 fully saturated rings. The molecule has 0 spiro atoms. The summed E-state index contributed by atoms with van der Waals surface area (Å²) in [6.07, 6.45) is 1.73. The highest BCUT2D eigenvalue weighted by Crippen LogP contribution is 2.18. The molecule has 21 heavy (non-hydrogen) atoms. The van der Waals surface area contributed by atoms with Crippen LogP contribution in [0, 0.1) is 0 Å². The van der Waals surface area contributed by atoms with Gasteiger partial charge in [0.1, 0.15) is 0 Å². The number of sulfonamides is 1. The van der Waals surface area contributed by atoms with E-state index in [0.29, 0.717) is 6.54 Å². The van der Waals surface area contributed by atoms with Crippen LogP contribution in [0.25, 0.3) is 0 Å². The quantitative estimate of drug-likeness (QED) is 0.821. The molecule has 7 heteroatoms. The van der Waals surface area contributed by atoms with Crippen molar-refractivity contribution in [3.63, 3.8) is 0 Å². The molecule has 0 aliphatic rings. The van der Waals surface area contributed by atoms with Gasteiger partial charge in [0.2, 0.25) is 10.0 Å². The lowest BCUT2D eigenvalue weighted by Crippen LogP contribution is -2.27. The van der Waals surface area contributed by atoms with Gasteiger partial charge in [-0.25, -0.2) is 18.1 Å². The first-order valence-electron chi connectivity index (χ1n) is 6.76. The van der Waals surface area contributed by atoms with E-state index in [0.717, 1.165) is 17.2 Å². The summed E-state index contributed by atoms with van der Waals surface area (Å²) < 4.78 is 27.1. The van der Waals surface area contributed by atoms with Gasteiger partial charge in [-0.05, 0) is 31.2 Å². The van der Waals surface area contributed by atoms with Crippen molar-refractivity contribution in [2.75, 3.05) is 18.4 Å². The van der Waals surface area contributed by atoms with E-state index in [2.05, 4.69) is 15.0 Å². The van der Waals surface area contributed by atoms with Crippen molar-refractivity contribution in [1.82, 2.24) is 9.71 Å². The maximum absolute atomic E-state index is 12.2. The Labute approximate surface area is 129 Å². The molecule has 0 aliphatic heterocycles. The molecule has 0 bridgehead atoms. The third-order valence-electron chi connectivity index (χ3n) is 3.00. The fourth-order valence-corrected chi connectivity index (χ4v) is 3.67. The Bertz CT molecular complexity index is 652. The minimum Gasteiger partial charge on any atom is -0.385 e. The summed E-state index contributed by atoms with van der Waals surface area (Å²) in [7, 11) is -3.48. The third kappa shape index (κ3) is 4.26. The second-order valence-electron chi connectivity index (χ2n) is 4.68. The molecule has 0 saturated carbocycles. The zero-order chi connectivity index (χ0) is 15.3. The summed E-state index contributed by atoms with van der Waals surface area (Å²) in [5.74, 6) is 0.0563.